The van der Waals surface area contributed by atoms with Crippen molar-refractivity contribution >= 4 is 38.8 Å². The van der Waals surface area contributed by atoms with Gasteiger partial charge in [-0.3, -0.25) is 4.79 Å². The van der Waals surface area contributed by atoms with Crippen molar-refractivity contribution in [2.45, 2.75) is 18.9 Å². The van der Waals surface area contributed by atoms with Gasteiger partial charge in [-0.2, -0.15) is 4.31 Å². The minimum atomic E-state index is -3.22. The third-order valence-corrected chi connectivity index (χ3v) is 6.77. The van der Waals surface area contributed by atoms with E-state index in [-0.39, 0.29) is 6.04 Å². The van der Waals surface area contributed by atoms with E-state index in [1.807, 2.05) is 36.4 Å². The van der Waals surface area contributed by atoms with Gasteiger partial charge in [0, 0.05) is 40.8 Å². The largest absolute Gasteiger partial charge is 0.360 e. The number of nitrogens with zero attached hydrogens (tertiary/aromatic N) is 1. The third-order valence-electron chi connectivity index (χ3n) is 5.16. The predicted octanol–water partition coefficient (Wildman–Crippen LogP) is 4.40. The first kappa shape index (κ1) is 18.2. The van der Waals surface area contributed by atoms with Gasteiger partial charge < -0.3 is 4.98 Å². The van der Waals surface area contributed by atoms with E-state index in [0.717, 1.165) is 46.7 Å². The molecule has 4 rings (SSSR count). The molecule has 0 bridgehead atoms. The smallest absolute Gasteiger partial charge is 0.211 e. The second-order valence-corrected chi connectivity index (χ2v) is 9.24. The zero-order valence-corrected chi connectivity index (χ0v) is 16.3. The van der Waals surface area contributed by atoms with E-state index in [1.165, 1.54) is 6.26 Å². The lowest BCUT2D eigenvalue weighted by molar-refractivity contribution is 0.112. The van der Waals surface area contributed by atoms with Gasteiger partial charge >= 0.3 is 0 Å². The Morgan fingerprint density at radius 2 is 1.96 bits per heavy atom. The van der Waals surface area contributed by atoms with Gasteiger partial charge in [0.15, 0.2) is 6.29 Å². The number of nitrogens with one attached hydrogen (secondary N) is 1. The molecule has 5 nitrogen and oxygen atoms in total. The Morgan fingerprint density at radius 1 is 1.22 bits per heavy atom. The number of carbonyl (C=O) groups excluding carboxylic acids is 1. The number of halogens is 1. The van der Waals surface area contributed by atoms with Gasteiger partial charge in [0.05, 0.1) is 11.3 Å². The highest BCUT2D eigenvalue weighted by Crippen LogP contribution is 2.37. The van der Waals surface area contributed by atoms with Crippen molar-refractivity contribution < 1.29 is 13.2 Å². The Bertz CT molecular complexity index is 1120. The first-order chi connectivity index (χ1) is 12.9. The molecule has 140 valence electrons. The number of aldehydes is 1. The molecule has 1 fully saturated rings. The summed E-state index contributed by atoms with van der Waals surface area (Å²) in [6.07, 6.45) is 5.44. The van der Waals surface area contributed by atoms with Gasteiger partial charge in [0.2, 0.25) is 10.0 Å². The molecule has 27 heavy (non-hydrogen) atoms. The number of fused-ring (bicyclic) bond motifs is 1. The lowest BCUT2D eigenvalue weighted by atomic mass is 9.98. The second-order valence-electron chi connectivity index (χ2n) is 6.89. The first-order valence-electron chi connectivity index (χ1n) is 8.71. The SMILES string of the molecule is CS(=O)(=O)N1CCCC1c1ccc(-c2cc3c(C=O)c[nH]c3cc2Cl)cc1. The average Bonchev–Trinajstić information content (AvgIpc) is 3.27. The third kappa shape index (κ3) is 3.29. The van der Waals surface area contributed by atoms with E-state index in [4.69, 9.17) is 11.6 Å². The van der Waals surface area contributed by atoms with Crippen LogP contribution in [0.15, 0.2) is 42.6 Å². The van der Waals surface area contributed by atoms with Crippen molar-refractivity contribution in [3.8, 4) is 11.1 Å². The molecule has 1 N–H and O–H groups in total. The van der Waals surface area contributed by atoms with Crippen LogP contribution in [-0.4, -0.2) is 36.8 Å². The number of aromatic amines is 1. The van der Waals surface area contributed by atoms with Gasteiger partial charge in [-0.25, -0.2) is 8.42 Å². The summed E-state index contributed by atoms with van der Waals surface area (Å²) in [4.78, 5) is 14.3. The van der Waals surface area contributed by atoms with Crippen LogP contribution < -0.4 is 0 Å². The van der Waals surface area contributed by atoms with E-state index >= 15 is 0 Å². The monoisotopic (exact) mass is 402 g/mol. The Balaban J connectivity index is 1.71. The summed E-state index contributed by atoms with van der Waals surface area (Å²) in [5.74, 6) is 0. The van der Waals surface area contributed by atoms with E-state index in [0.29, 0.717) is 17.1 Å². The summed E-state index contributed by atoms with van der Waals surface area (Å²) in [6.45, 7) is 0.565. The van der Waals surface area contributed by atoms with Crippen LogP contribution in [0.1, 0.15) is 34.8 Å². The zero-order chi connectivity index (χ0) is 19.2. The van der Waals surface area contributed by atoms with Gasteiger partial charge in [-0.05, 0) is 36.1 Å². The molecule has 0 spiro atoms. The summed E-state index contributed by atoms with van der Waals surface area (Å²) in [5, 5.41) is 1.42. The van der Waals surface area contributed by atoms with E-state index in [1.54, 1.807) is 10.5 Å². The summed E-state index contributed by atoms with van der Waals surface area (Å²) < 4.78 is 25.5. The zero-order valence-electron chi connectivity index (χ0n) is 14.8. The summed E-state index contributed by atoms with van der Waals surface area (Å²) >= 11 is 6.44. The summed E-state index contributed by atoms with van der Waals surface area (Å²) in [5.41, 5.74) is 4.15. The Kier molecular flexibility index (Phi) is 4.58. The van der Waals surface area contributed by atoms with Gasteiger partial charge in [0.1, 0.15) is 0 Å². The number of sulfonamides is 1. The fourth-order valence-electron chi connectivity index (χ4n) is 3.84. The number of rotatable bonds is 4. The molecule has 3 aromatic rings. The van der Waals surface area contributed by atoms with Crippen molar-refractivity contribution in [2.75, 3.05) is 12.8 Å². The number of H-pyrrole nitrogens is 1. The molecule has 2 aromatic carbocycles. The molecule has 1 unspecified atom stereocenters. The van der Waals surface area contributed by atoms with Crippen molar-refractivity contribution in [2.24, 2.45) is 0 Å². The van der Waals surface area contributed by atoms with Gasteiger partial charge in [0.25, 0.3) is 0 Å². The standard InChI is InChI=1S/C20H19ClN2O3S/c1-27(25,26)23-8-2-3-20(23)14-6-4-13(5-7-14)16-9-17-15(12-24)11-22-19(17)10-18(16)21/h4-7,9-12,20,22H,2-3,8H2,1H3. The number of aromatic nitrogens is 1. The first-order valence-corrected chi connectivity index (χ1v) is 10.9. The van der Waals surface area contributed by atoms with Crippen molar-refractivity contribution in [1.82, 2.24) is 9.29 Å². The fraction of sp³-hybridized carbons (Fsp3) is 0.250. The van der Waals surface area contributed by atoms with Gasteiger partial charge in [-0.15, -0.1) is 0 Å². The molecule has 1 aliphatic rings. The second kappa shape index (κ2) is 6.78. The molecule has 1 aromatic heterocycles. The molecule has 0 amide bonds. The van der Waals surface area contributed by atoms with E-state index in [2.05, 4.69) is 4.98 Å². The lowest BCUT2D eigenvalue weighted by Crippen LogP contribution is -2.29. The highest BCUT2D eigenvalue weighted by Gasteiger charge is 2.32. The summed E-state index contributed by atoms with van der Waals surface area (Å²) in [7, 11) is -3.22. The van der Waals surface area contributed by atoms with Crippen molar-refractivity contribution in [3.05, 3.63) is 58.7 Å². The van der Waals surface area contributed by atoms with Crippen molar-refractivity contribution in [3.63, 3.8) is 0 Å². The highest BCUT2D eigenvalue weighted by molar-refractivity contribution is 7.88. The molecular formula is C20H19ClN2O3S. The van der Waals surface area contributed by atoms with E-state index < -0.39 is 10.0 Å². The van der Waals surface area contributed by atoms with Crippen LogP contribution in [0.4, 0.5) is 0 Å². The van der Waals surface area contributed by atoms with Crippen LogP contribution in [-0.2, 0) is 10.0 Å². The number of hydrogen-bond acceptors (Lipinski definition) is 3. The van der Waals surface area contributed by atoms with Crippen LogP contribution in [0, 0.1) is 0 Å². The lowest BCUT2D eigenvalue weighted by Gasteiger charge is -2.22. The quantitative estimate of drug-likeness (QED) is 0.657. The maximum atomic E-state index is 12.0. The fourth-order valence-corrected chi connectivity index (χ4v) is 5.26. The number of benzene rings is 2. The normalized spacial score (nSPS) is 18.2. The number of hydrogen-bond donors (Lipinski definition) is 1. The summed E-state index contributed by atoms with van der Waals surface area (Å²) in [6, 6.07) is 11.4. The molecule has 1 atom stereocenters. The van der Waals surface area contributed by atoms with Crippen molar-refractivity contribution in [1.29, 1.82) is 0 Å². The molecule has 0 aliphatic carbocycles. The van der Waals surface area contributed by atoms with Crippen LogP contribution in [0.25, 0.3) is 22.0 Å². The molecular weight excluding hydrogens is 384 g/mol. The van der Waals surface area contributed by atoms with Crippen LogP contribution in [0.5, 0.6) is 0 Å². The maximum Gasteiger partial charge on any atom is 0.211 e. The van der Waals surface area contributed by atoms with Crippen LogP contribution in [0.2, 0.25) is 5.02 Å². The minimum Gasteiger partial charge on any atom is -0.360 e. The molecule has 1 aliphatic heterocycles. The maximum absolute atomic E-state index is 12.0. The Hall–Kier alpha value is -2.15. The van der Waals surface area contributed by atoms with Crippen LogP contribution >= 0.6 is 11.6 Å². The molecule has 2 heterocycles. The molecule has 0 saturated carbocycles. The minimum absolute atomic E-state index is 0.113. The Labute approximate surface area is 163 Å². The average molecular weight is 403 g/mol. The Morgan fingerprint density at radius 3 is 2.63 bits per heavy atom. The van der Waals surface area contributed by atoms with Crippen LogP contribution in [0.3, 0.4) is 0 Å². The highest BCUT2D eigenvalue weighted by atomic mass is 35.5. The predicted molar refractivity (Wildman–Crippen MR) is 108 cm³/mol. The van der Waals surface area contributed by atoms with Gasteiger partial charge in [-0.1, -0.05) is 35.9 Å². The topological polar surface area (TPSA) is 70.2 Å². The molecule has 7 heteroatoms. The van der Waals surface area contributed by atoms with E-state index in [9.17, 15) is 13.2 Å². The molecule has 0 radical (unpaired) electrons. The number of carbonyl (C=O) groups is 1. The molecule has 1 saturated heterocycles.